The number of rotatable bonds is 7. The van der Waals surface area contributed by atoms with Gasteiger partial charge in [0, 0.05) is 6.54 Å². The lowest BCUT2D eigenvalue weighted by Crippen LogP contribution is -2.19. The summed E-state index contributed by atoms with van der Waals surface area (Å²) in [6.45, 7) is -1.34. The highest BCUT2D eigenvalue weighted by molar-refractivity contribution is 7.99. The number of carbonyl (C=O) groups is 1. The quantitative estimate of drug-likeness (QED) is 0.595. The Kier molecular flexibility index (Phi) is 5.41. The van der Waals surface area contributed by atoms with Crippen LogP contribution in [0.2, 0.25) is 0 Å². The van der Waals surface area contributed by atoms with Gasteiger partial charge in [-0.3, -0.25) is 4.79 Å². The molecule has 0 unspecified atom stereocenters. The van der Waals surface area contributed by atoms with Crippen molar-refractivity contribution < 1.29 is 27.8 Å². The molecule has 0 amide bonds. The third-order valence-electron chi connectivity index (χ3n) is 1.65. The minimum Gasteiger partial charge on any atom is -0.481 e. The van der Waals surface area contributed by atoms with E-state index in [1.807, 2.05) is 0 Å². The molecule has 1 N–H and O–H groups in total. The van der Waals surface area contributed by atoms with Gasteiger partial charge in [-0.05, 0) is 0 Å². The van der Waals surface area contributed by atoms with Crippen LogP contribution < -0.4 is 0 Å². The highest BCUT2D eigenvalue weighted by atomic mass is 32.2. The van der Waals surface area contributed by atoms with Gasteiger partial charge in [-0.25, -0.2) is 0 Å². The highest BCUT2D eigenvalue weighted by Crippen LogP contribution is 2.16. The van der Waals surface area contributed by atoms with Crippen LogP contribution in [0, 0.1) is 0 Å². The van der Waals surface area contributed by atoms with Crippen molar-refractivity contribution in [1.29, 1.82) is 0 Å². The molecule has 0 spiro atoms. The van der Waals surface area contributed by atoms with E-state index in [2.05, 4.69) is 14.9 Å². The summed E-state index contributed by atoms with van der Waals surface area (Å²) in [5.74, 6) is -1.20. The van der Waals surface area contributed by atoms with Gasteiger partial charge in [0.15, 0.2) is 5.16 Å². The molecule has 0 aliphatic carbocycles. The van der Waals surface area contributed by atoms with E-state index in [1.165, 1.54) is 10.9 Å². The standard InChI is InChI=1S/C8H10F3N3O3S/c9-8(10,11)4-17-2-1-14-5-12-13-7(14)18-3-6(15)16/h5H,1-4H2,(H,15,16). The first-order valence-electron chi connectivity index (χ1n) is 4.75. The molecule has 18 heavy (non-hydrogen) atoms. The van der Waals surface area contributed by atoms with E-state index in [9.17, 15) is 18.0 Å². The number of aliphatic carboxylic acids is 1. The number of alkyl halides is 3. The molecule has 102 valence electrons. The number of ether oxygens (including phenoxy) is 1. The number of hydrogen-bond donors (Lipinski definition) is 1. The molecule has 1 aromatic heterocycles. The van der Waals surface area contributed by atoms with Crippen LogP contribution in [-0.4, -0.2) is 51.0 Å². The number of aromatic nitrogens is 3. The average molecular weight is 285 g/mol. The summed E-state index contributed by atoms with van der Waals surface area (Å²) in [7, 11) is 0. The molecule has 10 heteroatoms. The van der Waals surface area contributed by atoms with Gasteiger partial charge in [-0.2, -0.15) is 13.2 Å². The van der Waals surface area contributed by atoms with E-state index >= 15 is 0 Å². The van der Waals surface area contributed by atoms with Crippen molar-refractivity contribution in [3.63, 3.8) is 0 Å². The molecular weight excluding hydrogens is 275 g/mol. The van der Waals surface area contributed by atoms with Crippen LogP contribution >= 0.6 is 11.8 Å². The van der Waals surface area contributed by atoms with Gasteiger partial charge in [0.05, 0.1) is 12.4 Å². The van der Waals surface area contributed by atoms with Crippen LogP contribution in [0.4, 0.5) is 13.2 Å². The number of thioether (sulfide) groups is 1. The molecule has 0 saturated heterocycles. The molecule has 6 nitrogen and oxygen atoms in total. The second-order valence-corrected chi connectivity index (χ2v) is 4.10. The fourth-order valence-corrected chi connectivity index (χ4v) is 1.65. The fourth-order valence-electron chi connectivity index (χ4n) is 0.987. The third kappa shape index (κ3) is 5.87. The molecule has 1 heterocycles. The summed E-state index contributed by atoms with van der Waals surface area (Å²) >= 11 is 0.937. The van der Waals surface area contributed by atoms with Crippen LogP contribution in [0.25, 0.3) is 0 Å². The Morgan fingerprint density at radius 3 is 2.89 bits per heavy atom. The second-order valence-electron chi connectivity index (χ2n) is 3.16. The Bertz CT molecular complexity index is 396. The third-order valence-corrected chi connectivity index (χ3v) is 2.61. The number of carboxylic acid groups (broad SMARTS) is 1. The van der Waals surface area contributed by atoms with Crippen molar-refractivity contribution >= 4 is 17.7 Å². The van der Waals surface area contributed by atoms with Gasteiger partial charge >= 0.3 is 12.1 Å². The lowest BCUT2D eigenvalue weighted by Gasteiger charge is -2.08. The van der Waals surface area contributed by atoms with Gasteiger partial charge in [0.2, 0.25) is 0 Å². The average Bonchev–Trinajstić information content (AvgIpc) is 2.67. The summed E-state index contributed by atoms with van der Waals surface area (Å²) in [5, 5.41) is 16.0. The van der Waals surface area contributed by atoms with Crippen LogP contribution in [0.3, 0.4) is 0 Å². The molecule has 0 bridgehead atoms. The van der Waals surface area contributed by atoms with E-state index in [0.29, 0.717) is 5.16 Å². The zero-order valence-corrected chi connectivity index (χ0v) is 9.87. The zero-order valence-electron chi connectivity index (χ0n) is 9.05. The first-order valence-corrected chi connectivity index (χ1v) is 5.74. The first kappa shape index (κ1) is 14.8. The van der Waals surface area contributed by atoms with Crippen molar-refractivity contribution in [2.24, 2.45) is 0 Å². The van der Waals surface area contributed by atoms with Crippen molar-refractivity contribution in [2.45, 2.75) is 17.9 Å². The molecule has 0 radical (unpaired) electrons. The Balaban J connectivity index is 2.34. The maximum absolute atomic E-state index is 11.8. The molecule has 0 atom stereocenters. The summed E-state index contributed by atoms with van der Waals surface area (Å²) in [5.41, 5.74) is 0. The summed E-state index contributed by atoms with van der Waals surface area (Å²) in [6, 6.07) is 0. The molecule has 0 saturated carbocycles. The minimum absolute atomic E-state index is 0.130. The van der Waals surface area contributed by atoms with Crippen molar-refractivity contribution in [1.82, 2.24) is 14.8 Å². The summed E-state index contributed by atoms with van der Waals surface area (Å²) in [4.78, 5) is 10.3. The van der Waals surface area contributed by atoms with E-state index < -0.39 is 18.8 Å². The van der Waals surface area contributed by atoms with Gasteiger partial charge < -0.3 is 14.4 Å². The van der Waals surface area contributed by atoms with Crippen LogP contribution in [0.5, 0.6) is 0 Å². The predicted molar refractivity (Wildman–Crippen MR) is 55.3 cm³/mol. The van der Waals surface area contributed by atoms with E-state index in [-0.39, 0.29) is 18.9 Å². The van der Waals surface area contributed by atoms with Crippen molar-refractivity contribution in [3.8, 4) is 0 Å². The fraction of sp³-hybridized carbons (Fsp3) is 0.625. The molecular formula is C8H10F3N3O3S. The summed E-state index contributed by atoms with van der Waals surface area (Å²) in [6.07, 6.45) is -3.05. The number of halogens is 3. The Hall–Kier alpha value is -1.29. The smallest absolute Gasteiger partial charge is 0.411 e. The lowest BCUT2D eigenvalue weighted by atomic mass is 10.6. The maximum atomic E-state index is 11.8. The van der Waals surface area contributed by atoms with Crippen LogP contribution in [0.15, 0.2) is 11.5 Å². The Morgan fingerprint density at radius 1 is 1.56 bits per heavy atom. The largest absolute Gasteiger partial charge is 0.481 e. The monoisotopic (exact) mass is 285 g/mol. The molecule has 0 aromatic carbocycles. The van der Waals surface area contributed by atoms with E-state index in [0.717, 1.165) is 11.8 Å². The van der Waals surface area contributed by atoms with Crippen molar-refractivity contribution in [2.75, 3.05) is 19.0 Å². The van der Waals surface area contributed by atoms with Crippen LogP contribution in [0.1, 0.15) is 0 Å². The SMILES string of the molecule is O=C(O)CSc1nncn1CCOCC(F)(F)F. The number of nitrogens with zero attached hydrogens (tertiary/aromatic N) is 3. The van der Waals surface area contributed by atoms with Gasteiger partial charge in [-0.1, -0.05) is 11.8 Å². The number of carboxylic acids is 1. The normalized spacial score (nSPS) is 11.7. The highest BCUT2D eigenvalue weighted by Gasteiger charge is 2.27. The van der Waals surface area contributed by atoms with Crippen molar-refractivity contribution in [3.05, 3.63) is 6.33 Å². The minimum atomic E-state index is -4.35. The molecule has 1 aromatic rings. The summed E-state index contributed by atoms with van der Waals surface area (Å²) < 4.78 is 41.2. The van der Waals surface area contributed by atoms with E-state index in [4.69, 9.17) is 5.11 Å². The first-order chi connectivity index (χ1) is 8.38. The van der Waals surface area contributed by atoms with Gasteiger partial charge in [0.1, 0.15) is 12.9 Å². The topological polar surface area (TPSA) is 77.2 Å². The van der Waals surface area contributed by atoms with E-state index in [1.54, 1.807) is 0 Å². The predicted octanol–water partition coefficient (Wildman–Crippen LogP) is 1.03. The Labute approximate surface area is 104 Å². The lowest BCUT2D eigenvalue weighted by molar-refractivity contribution is -0.174. The maximum Gasteiger partial charge on any atom is 0.411 e. The number of hydrogen-bond acceptors (Lipinski definition) is 5. The molecule has 0 aliphatic heterocycles. The molecule has 0 fully saturated rings. The molecule has 0 aliphatic rings. The Morgan fingerprint density at radius 2 is 2.28 bits per heavy atom. The zero-order chi connectivity index (χ0) is 13.6. The van der Waals surface area contributed by atoms with Gasteiger partial charge in [-0.15, -0.1) is 10.2 Å². The van der Waals surface area contributed by atoms with Crippen LogP contribution in [-0.2, 0) is 16.1 Å². The molecule has 1 rings (SSSR count). The second kappa shape index (κ2) is 6.59. The van der Waals surface area contributed by atoms with Gasteiger partial charge in [0.25, 0.3) is 0 Å².